The summed E-state index contributed by atoms with van der Waals surface area (Å²) in [6.45, 7) is 6.73. The topological polar surface area (TPSA) is 96.9 Å². The summed E-state index contributed by atoms with van der Waals surface area (Å²) < 4.78 is 7.24. The average molecular weight is 437 g/mol. The number of ether oxygens (including phenoxy) is 1. The second kappa shape index (κ2) is 10.6. The van der Waals surface area contributed by atoms with E-state index in [0.29, 0.717) is 29.7 Å². The molecule has 0 N–H and O–H groups in total. The Bertz CT molecular complexity index is 1070. The van der Waals surface area contributed by atoms with Gasteiger partial charge in [-0.05, 0) is 66.6 Å². The van der Waals surface area contributed by atoms with Gasteiger partial charge in [-0.25, -0.2) is 0 Å². The molecule has 9 heteroatoms. The predicted molar refractivity (Wildman–Crippen MR) is 120 cm³/mol. The molecule has 3 aromatic rings. The van der Waals surface area contributed by atoms with E-state index in [9.17, 15) is 4.79 Å². The number of aryl methyl sites for hydroxylation is 2. The smallest absolute Gasteiger partial charge is 0.237 e. The van der Waals surface area contributed by atoms with Crippen LogP contribution < -0.4 is 9.64 Å². The zero-order valence-corrected chi connectivity index (χ0v) is 18.6. The molecule has 3 rings (SSSR count). The van der Waals surface area contributed by atoms with Gasteiger partial charge in [0.2, 0.25) is 11.1 Å². The fourth-order valence-corrected chi connectivity index (χ4v) is 3.96. The number of nitriles is 1. The predicted octanol–water partition coefficient (Wildman–Crippen LogP) is 3.72. The quantitative estimate of drug-likeness (QED) is 0.472. The molecule has 0 unspecified atom stereocenters. The van der Waals surface area contributed by atoms with Gasteiger partial charge >= 0.3 is 0 Å². The van der Waals surface area contributed by atoms with Gasteiger partial charge in [0, 0.05) is 12.2 Å². The van der Waals surface area contributed by atoms with Crippen molar-refractivity contribution in [3.63, 3.8) is 0 Å². The third kappa shape index (κ3) is 5.61. The summed E-state index contributed by atoms with van der Waals surface area (Å²) in [4.78, 5) is 14.7. The van der Waals surface area contributed by atoms with Crippen LogP contribution >= 0.6 is 11.8 Å². The molecule has 31 heavy (non-hydrogen) atoms. The van der Waals surface area contributed by atoms with Gasteiger partial charge in [-0.3, -0.25) is 4.79 Å². The Kier molecular flexibility index (Phi) is 7.62. The number of anilines is 1. The minimum absolute atomic E-state index is 0.113. The number of nitrogens with zero attached hydrogens (tertiary/aromatic N) is 6. The van der Waals surface area contributed by atoms with Gasteiger partial charge in [-0.2, -0.15) is 9.94 Å². The van der Waals surface area contributed by atoms with Gasteiger partial charge in [0.1, 0.15) is 11.4 Å². The number of carbonyl (C=O) groups is 1. The maximum atomic E-state index is 13.1. The molecule has 160 valence electrons. The molecule has 2 aromatic carbocycles. The van der Waals surface area contributed by atoms with Gasteiger partial charge in [0.25, 0.3) is 0 Å². The summed E-state index contributed by atoms with van der Waals surface area (Å²) in [5.74, 6) is 0.685. The number of amides is 1. The molecule has 0 radical (unpaired) electrons. The molecule has 0 saturated carbocycles. The molecule has 0 saturated heterocycles. The van der Waals surface area contributed by atoms with Crippen molar-refractivity contribution in [2.45, 2.75) is 32.3 Å². The first kappa shape index (κ1) is 22.3. The van der Waals surface area contributed by atoms with Crippen molar-refractivity contribution in [2.24, 2.45) is 0 Å². The molecule has 0 spiro atoms. The van der Waals surface area contributed by atoms with Crippen LogP contribution in [0.25, 0.3) is 5.69 Å². The maximum Gasteiger partial charge on any atom is 0.237 e. The number of hydrogen-bond donors (Lipinski definition) is 0. The number of rotatable bonds is 9. The van der Waals surface area contributed by atoms with E-state index < -0.39 is 0 Å². The summed E-state index contributed by atoms with van der Waals surface area (Å²) in [5, 5.41) is 21.4. The molecule has 0 aliphatic rings. The Morgan fingerprint density at radius 3 is 2.68 bits per heavy atom. The first-order valence-electron chi connectivity index (χ1n) is 9.92. The van der Waals surface area contributed by atoms with E-state index in [1.165, 1.54) is 11.8 Å². The third-order valence-corrected chi connectivity index (χ3v) is 5.33. The highest BCUT2D eigenvalue weighted by Crippen LogP contribution is 2.27. The number of hydrogen-bond acceptors (Lipinski definition) is 7. The SMILES string of the molecule is CCOc1ccccc1-n1nnnc1SCC(=O)N(CCC#N)c1cc(C)cc(C)c1. The van der Waals surface area contributed by atoms with E-state index in [1.807, 2.05) is 57.2 Å². The van der Waals surface area contributed by atoms with Crippen LogP contribution in [-0.2, 0) is 4.79 Å². The van der Waals surface area contributed by atoms with Gasteiger partial charge in [-0.1, -0.05) is 30.0 Å². The van der Waals surface area contributed by atoms with Crippen molar-refractivity contribution in [1.29, 1.82) is 5.26 Å². The minimum Gasteiger partial charge on any atom is -0.492 e. The Labute approximate surface area is 185 Å². The number of aromatic nitrogens is 4. The number of thioether (sulfide) groups is 1. The molecule has 1 amide bonds. The van der Waals surface area contributed by atoms with E-state index in [0.717, 1.165) is 16.8 Å². The second-order valence-electron chi connectivity index (χ2n) is 6.86. The van der Waals surface area contributed by atoms with Crippen molar-refractivity contribution in [3.8, 4) is 17.5 Å². The van der Waals surface area contributed by atoms with Crippen LogP contribution in [0.15, 0.2) is 47.6 Å². The van der Waals surface area contributed by atoms with Gasteiger partial charge in [0.15, 0.2) is 0 Å². The lowest BCUT2D eigenvalue weighted by Gasteiger charge is -2.22. The van der Waals surface area contributed by atoms with Crippen LogP contribution in [0, 0.1) is 25.2 Å². The van der Waals surface area contributed by atoms with Crippen molar-refractivity contribution < 1.29 is 9.53 Å². The van der Waals surface area contributed by atoms with Crippen molar-refractivity contribution in [3.05, 3.63) is 53.6 Å². The number of benzene rings is 2. The van der Waals surface area contributed by atoms with Crippen LogP contribution in [0.5, 0.6) is 5.75 Å². The molecule has 0 aliphatic carbocycles. The molecular formula is C22H24N6O2S. The normalized spacial score (nSPS) is 10.5. The molecule has 0 aliphatic heterocycles. The summed E-state index contributed by atoms with van der Waals surface area (Å²) in [5.41, 5.74) is 3.63. The van der Waals surface area contributed by atoms with E-state index in [-0.39, 0.29) is 18.1 Å². The second-order valence-corrected chi connectivity index (χ2v) is 7.80. The van der Waals surface area contributed by atoms with E-state index >= 15 is 0 Å². The summed E-state index contributed by atoms with van der Waals surface area (Å²) in [7, 11) is 0. The standard InChI is InChI=1S/C22H24N6O2S/c1-4-30-20-9-6-5-8-19(20)28-22(24-25-26-28)31-15-21(29)27(11-7-10-23)18-13-16(2)12-17(3)14-18/h5-6,8-9,12-14H,4,7,11,15H2,1-3H3. The maximum absolute atomic E-state index is 13.1. The van der Waals surface area contributed by atoms with Crippen molar-refractivity contribution in [1.82, 2.24) is 20.2 Å². The first-order chi connectivity index (χ1) is 15.0. The Balaban J connectivity index is 1.80. The molecule has 1 aromatic heterocycles. The van der Waals surface area contributed by atoms with Crippen LogP contribution in [0.3, 0.4) is 0 Å². The number of tetrazole rings is 1. The summed E-state index contributed by atoms with van der Waals surface area (Å²) in [6, 6.07) is 15.6. The molecule has 1 heterocycles. The highest BCUT2D eigenvalue weighted by molar-refractivity contribution is 7.99. The Hall–Kier alpha value is -3.38. The molecule has 0 bridgehead atoms. The average Bonchev–Trinajstić information content (AvgIpc) is 3.21. The fraction of sp³-hybridized carbons (Fsp3) is 0.318. The summed E-state index contributed by atoms with van der Waals surface area (Å²) >= 11 is 1.25. The summed E-state index contributed by atoms with van der Waals surface area (Å²) in [6.07, 6.45) is 0.253. The molecule has 0 atom stereocenters. The van der Waals surface area contributed by atoms with Crippen molar-refractivity contribution in [2.75, 3.05) is 23.8 Å². The van der Waals surface area contributed by atoms with E-state index in [2.05, 4.69) is 27.7 Å². The number of para-hydroxylation sites is 2. The highest BCUT2D eigenvalue weighted by Gasteiger charge is 2.19. The van der Waals surface area contributed by atoms with Gasteiger partial charge in [0.05, 0.1) is 24.8 Å². The van der Waals surface area contributed by atoms with Gasteiger partial charge < -0.3 is 9.64 Å². The third-order valence-electron chi connectivity index (χ3n) is 4.43. The molecule has 8 nitrogen and oxygen atoms in total. The lowest BCUT2D eigenvalue weighted by Crippen LogP contribution is -2.33. The van der Waals surface area contributed by atoms with E-state index in [4.69, 9.17) is 10.00 Å². The van der Waals surface area contributed by atoms with Gasteiger partial charge in [-0.15, -0.1) is 5.10 Å². The number of carbonyl (C=O) groups excluding carboxylic acids is 1. The zero-order chi connectivity index (χ0) is 22.2. The van der Waals surface area contributed by atoms with Crippen LogP contribution in [0.2, 0.25) is 0 Å². The Morgan fingerprint density at radius 2 is 1.97 bits per heavy atom. The molecular weight excluding hydrogens is 412 g/mol. The largest absolute Gasteiger partial charge is 0.492 e. The minimum atomic E-state index is -0.113. The zero-order valence-electron chi connectivity index (χ0n) is 17.8. The molecule has 0 fully saturated rings. The van der Waals surface area contributed by atoms with Crippen molar-refractivity contribution >= 4 is 23.4 Å². The lowest BCUT2D eigenvalue weighted by atomic mass is 10.1. The fourth-order valence-electron chi connectivity index (χ4n) is 3.20. The van der Waals surface area contributed by atoms with Crippen LogP contribution in [-0.4, -0.2) is 45.0 Å². The van der Waals surface area contributed by atoms with Crippen LogP contribution in [0.4, 0.5) is 5.69 Å². The van der Waals surface area contributed by atoms with Crippen LogP contribution in [0.1, 0.15) is 24.5 Å². The lowest BCUT2D eigenvalue weighted by molar-refractivity contribution is -0.116. The van der Waals surface area contributed by atoms with E-state index in [1.54, 1.807) is 9.58 Å². The Morgan fingerprint density at radius 1 is 1.23 bits per heavy atom. The monoisotopic (exact) mass is 436 g/mol. The first-order valence-corrected chi connectivity index (χ1v) is 10.9. The highest BCUT2D eigenvalue weighted by atomic mass is 32.2.